The van der Waals surface area contributed by atoms with Gasteiger partial charge in [-0.3, -0.25) is 0 Å². The van der Waals surface area contributed by atoms with Gasteiger partial charge in [-0.15, -0.1) is 0 Å². The summed E-state index contributed by atoms with van der Waals surface area (Å²) in [5.74, 6) is 2.07. The minimum absolute atomic E-state index is 0.222. The van der Waals surface area contributed by atoms with E-state index in [0.717, 1.165) is 41.5 Å². The van der Waals surface area contributed by atoms with Gasteiger partial charge < -0.3 is 4.90 Å². The third-order valence-corrected chi connectivity index (χ3v) is 5.59. The summed E-state index contributed by atoms with van der Waals surface area (Å²) in [5, 5.41) is 4.76. The van der Waals surface area contributed by atoms with Crippen LogP contribution in [0.15, 0.2) is 42.6 Å². The summed E-state index contributed by atoms with van der Waals surface area (Å²) in [6.45, 7) is 3.53. The van der Waals surface area contributed by atoms with Gasteiger partial charge in [0.2, 0.25) is 0 Å². The van der Waals surface area contributed by atoms with Crippen LogP contribution in [0.1, 0.15) is 37.4 Å². The van der Waals surface area contributed by atoms with E-state index >= 15 is 0 Å². The first kappa shape index (κ1) is 15.9. The molecule has 4 nitrogen and oxygen atoms in total. The van der Waals surface area contributed by atoms with Crippen molar-refractivity contribution in [1.82, 2.24) is 19.5 Å². The molecule has 0 bridgehead atoms. The van der Waals surface area contributed by atoms with Gasteiger partial charge in [0.15, 0.2) is 11.5 Å². The number of hydrogen-bond donors (Lipinski definition) is 0. The fourth-order valence-electron chi connectivity index (χ4n) is 4.01. The molecule has 2 aliphatic rings. The Kier molecular flexibility index (Phi) is 3.97. The van der Waals surface area contributed by atoms with Crippen LogP contribution in [0, 0.1) is 11.7 Å². The largest absolute Gasteiger partial charge is 0.302 e. The second kappa shape index (κ2) is 6.47. The highest BCUT2D eigenvalue weighted by Gasteiger charge is 2.29. The topological polar surface area (TPSA) is 33.4 Å². The van der Waals surface area contributed by atoms with E-state index in [-0.39, 0.29) is 5.82 Å². The van der Waals surface area contributed by atoms with Gasteiger partial charge in [-0.25, -0.2) is 13.9 Å². The van der Waals surface area contributed by atoms with Gasteiger partial charge >= 0.3 is 0 Å². The lowest BCUT2D eigenvalue weighted by Gasteiger charge is -2.31. The van der Waals surface area contributed by atoms with Crippen molar-refractivity contribution in [2.45, 2.75) is 31.6 Å². The molecule has 3 heterocycles. The van der Waals surface area contributed by atoms with Crippen LogP contribution in [-0.4, -0.2) is 39.1 Å². The van der Waals surface area contributed by atoms with Crippen LogP contribution in [0.3, 0.4) is 0 Å². The highest BCUT2D eigenvalue weighted by atomic mass is 19.1. The highest BCUT2D eigenvalue weighted by Crippen LogP contribution is 2.33. The average molecular weight is 350 g/mol. The normalized spacial score (nSPS) is 21.3. The van der Waals surface area contributed by atoms with Gasteiger partial charge in [-0.1, -0.05) is 12.1 Å². The first-order chi connectivity index (χ1) is 12.7. The molecule has 1 aliphatic heterocycles. The van der Waals surface area contributed by atoms with Crippen LogP contribution in [0.5, 0.6) is 0 Å². The molecule has 0 spiro atoms. The van der Waals surface area contributed by atoms with Crippen molar-refractivity contribution in [1.29, 1.82) is 0 Å². The van der Waals surface area contributed by atoms with Crippen molar-refractivity contribution >= 4 is 5.65 Å². The zero-order valence-electron chi connectivity index (χ0n) is 14.8. The first-order valence-electron chi connectivity index (χ1n) is 9.59. The van der Waals surface area contributed by atoms with Crippen LogP contribution < -0.4 is 0 Å². The molecule has 134 valence electrons. The van der Waals surface area contributed by atoms with Crippen LogP contribution in [0.4, 0.5) is 4.39 Å². The molecule has 1 unspecified atom stereocenters. The Balaban J connectivity index is 1.40. The maximum atomic E-state index is 13.5. The number of fused-ring (bicyclic) bond motifs is 1. The lowest BCUT2D eigenvalue weighted by molar-refractivity contribution is 0.197. The summed E-state index contributed by atoms with van der Waals surface area (Å²) in [5.41, 5.74) is 2.67. The van der Waals surface area contributed by atoms with E-state index in [1.165, 1.54) is 38.4 Å². The highest BCUT2D eigenvalue weighted by molar-refractivity contribution is 5.64. The van der Waals surface area contributed by atoms with E-state index in [1.54, 1.807) is 12.1 Å². The third kappa shape index (κ3) is 3.23. The van der Waals surface area contributed by atoms with E-state index in [4.69, 9.17) is 10.1 Å². The molecule has 1 saturated carbocycles. The molecule has 1 atom stereocenters. The molecule has 3 aromatic rings. The first-order valence-corrected chi connectivity index (χ1v) is 9.59. The predicted octanol–water partition coefficient (Wildman–Crippen LogP) is 4.12. The Morgan fingerprint density at radius 2 is 2.00 bits per heavy atom. The summed E-state index contributed by atoms with van der Waals surface area (Å²) in [4.78, 5) is 7.36. The monoisotopic (exact) mass is 350 g/mol. The fraction of sp³-hybridized carbons (Fsp3) is 0.429. The van der Waals surface area contributed by atoms with E-state index in [2.05, 4.69) is 4.90 Å². The van der Waals surface area contributed by atoms with Crippen molar-refractivity contribution < 1.29 is 4.39 Å². The molecule has 1 aliphatic carbocycles. The Hall–Kier alpha value is -2.27. The number of aromatic nitrogens is 3. The minimum atomic E-state index is -0.222. The maximum absolute atomic E-state index is 13.5. The molecule has 1 saturated heterocycles. The van der Waals surface area contributed by atoms with Crippen LogP contribution in [0.25, 0.3) is 16.8 Å². The Morgan fingerprint density at radius 3 is 2.85 bits per heavy atom. The molecule has 0 radical (unpaired) electrons. The summed E-state index contributed by atoms with van der Waals surface area (Å²) in [7, 11) is 0. The zero-order chi connectivity index (χ0) is 17.5. The molecule has 0 N–H and O–H groups in total. The lowest BCUT2D eigenvalue weighted by Crippen LogP contribution is -2.36. The van der Waals surface area contributed by atoms with Crippen LogP contribution in [0.2, 0.25) is 0 Å². The molecule has 26 heavy (non-hydrogen) atoms. The van der Waals surface area contributed by atoms with Gasteiger partial charge in [-0.2, -0.15) is 5.10 Å². The second-order valence-electron chi connectivity index (χ2n) is 7.74. The predicted molar refractivity (Wildman–Crippen MR) is 99.5 cm³/mol. The number of halogens is 1. The van der Waals surface area contributed by atoms with Gasteiger partial charge in [0.05, 0.1) is 0 Å². The molecule has 1 aromatic carbocycles. The average Bonchev–Trinajstić information content (AvgIpc) is 3.36. The van der Waals surface area contributed by atoms with Gasteiger partial charge in [-0.05, 0) is 68.0 Å². The van der Waals surface area contributed by atoms with Crippen molar-refractivity contribution in [3.63, 3.8) is 0 Å². The maximum Gasteiger partial charge on any atom is 0.156 e. The summed E-state index contributed by atoms with van der Waals surface area (Å²) in [6, 6.07) is 10.6. The van der Waals surface area contributed by atoms with E-state index in [0.29, 0.717) is 5.92 Å². The molecule has 5 heteroatoms. The van der Waals surface area contributed by atoms with Crippen molar-refractivity contribution in [3.05, 3.63) is 54.2 Å². The number of nitrogens with zero attached hydrogens (tertiary/aromatic N) is 4. The quantitative estimate of drug-likeness (QED) is 0.709. The van der Waals surface area contributed by atoms with Gasteiger partial charge in [0, 0.05) is 30.8 Å². The van der Waals surface area contributed by atoms with Crippen molar-refractivity contribution in [2.75, 3.05) is 19.6 Å². The van der Waals surface area contributed by atoms with Crippen LogP contribution >= 0.6 is 0 Å². The molecular formula is C21H23FN4. The number of piperidine rings is 1. The number of likely N-dealkylation sites (tertiary alicyclic amines) is 1. The third-order valence-electron chi connectivity index (χ3n) is 5.59. The Labute approximate surface area is 152 Å². The van der Waals surface area contributed by atoms with E-state index < -0.39 is 0 Å². The Bertz CT molecular complexity index is 931. The SMILES string of the molecule is Fc1cccc(-c2ccc3nc(C4CCCN(CC5CC5)C4)nn3c2)c1. The fourth-order valence-corrected chi connectivity index (χ4v) is 4.01. The standard InChI is InChI=1S/C21H23FN4/c22-19-5-1-3-16(11-19)17-8-9-20-23-21(24-26(20)14-17)18-4-2-10-25(13-18)12-15-6-7-15/h1,3,5,8-9,11,14-15,18H,2,4,6-7,10,12-13H2. The summed E-state index contributed by atoms with van der Waals surface area (Å²) in [6.07, 6.45) is 7.13. The zero-order valence-corrected chi connectivity index (χ0v) is 14.8. The molecule has 2 fully saturated rings. The number of hydrogen-bond acceptors (Lipinski definition) is 3. The van der Waals surface area contributed by atoms with Crippen molar-refractivity contribution in [3.8, 4) is 11.1 Å². The van der Waals surface area contributed by atoms with Crippen molar-refractivity contribution in [2.24, 2.45) is 5.92 Å². The van der Waals surface area contributed by atoms with E-state index in [9.17, 15) is 4.39 Å². The minimum Gasteiger partial charge on any atom is -0.302 e. The molecule has 2 aromatic heterocycles. The molecule has 5 rings (SSSR count). The summed E-state index contributed by atoms with van der Waals surface area (Å²) < 4.78 is 15.3. The number of rotatable bonds is 4. The lowest BCUT2D eigenvalue weighted by atomic mass is 9.97. The Morgan fingerprint density at radius 1 is 1.08 bits per heavy atom. The number of pyridine rings is 1. The van der Waals surface area contributed by atoms with E-state index in [1.807, 2.05) is 28.9 Å². The van der Waals surface area contributed by atoms with Gasteiger partial charge in [0.25, 0.3) is 0 Å². The smallest absolute Gasteiger partial charge is 0.156 e. The van der Waals surface area contributed by atoms with Gasteiger partial charge in [0.1, 0.15) is 5.82 Å². The number of benzene rings is 1. The second-order valence-corrected chi connectivity index (χ2v) is 7.74. The summed E-state index contributed by atoms with van der Waals surface area (Å²) >= 11 is 0. The molecule has 0 amide bonds. The molecular weight excluding hydrogens is 327 g/mol. The van der Waals surface area contributed by atoms with Crippen LogP contribution in [-0.2, 0) is 0 Å².